The summed E-state index contributed by atoms with van der Waals surface area (Å²) in [5, 5.41) is 0. The lowest BCUT2D eigenvalue weighted by atomic mass is 9.83. The first-order chi connectivity index (χ1) is 8.79. The quantitative estimate of drug-likeness (QED) is 0.747. The Bertz CT molecular complexity index is 622. The molecular weight excluding hydrogens is 292 g/mol. The summed E-state index contributed by atoms with van der Waals surface area (Å²) in [6.45, 7) is 1.74. The second-order valence-corrected chi connectivity index (χ2v) is 5.91. The molecule has 1 atom stereocenters. The van der Waals surface area contributed by atoms with Gasteiger partial charge in [0.1, 0.15) is 5.60 Å². The molecule has 1 aromatic carbocycles. The third-order valence-corrected chi connectivity index (χ3v) is 4.52. The van der Waals surface area contributed by atoms with Gasteiger partial charge in [0.25, 0.3) is 0 Å². The van der Waals surface area contributed by atoms with Crippen LogP contribution in [0.4, 0.5) is 0 Å². The van der Waals surface area contributed by atoms with Gasteiger partial charge >= 0.3 is 0 Å². The lowest BCUT2D eigenvalue weighted by Gasteiger charge is -2.34. The number of halogens is 1. The molecule has 1 unspecified atom stereocenters. The van der Waals surface area contributed by atoms with E-state index in [2.05, 4.69) is 43.7 Å². The summed E-state index contributed by atoms with van der Waals surface area (Å²) < 4.78 is 9.55. The van der Waals surface area contributed by atoms with E-state index in [1.807, 2.05) is 12.5 Å². The van der Waals surface area contributed by atoms with E-state index in [9.17, 15) is 0 Å². The van der Waals surface area contributed by atoms with Crippen molar-refractivity contribution in [2.24, 2.45) is 0 Å². The van der Waals surface area contributed by atoms with E-state index in [-0.39, 0.29) is 5.60 Å². The maximum absolute atomic E-state index is 6.21. The monoisotopic (exact) mass is 304 g/mol. The summed E-state index contributed by atoms with van der Waals surface area (Å²) in [7, 11) is 0. The molecule has 92 valence electrons. The molecule has 0 saturated heterocycles. The molecule has 18 heavy (non-hydrogen) atoms. The summed E-state index contributed by atoms with van der Waals surface area (Å²) in [6.07, 6.45) is 6.05. The molecule has 4 heteroatoms. The molecule has 2 aliphatic heterocycles. The highest BCUT2D eigenvalue weighted by Gasteiger charge is 2.45. The van der Waals surface area contributed by atoms with Crippen LogP contribution in [0.15, 0.2) is 35.2 Å². The van der Waals surface area contributed by atoms with Crippen molar-refractivity contribution < 1.29 is 4.74 Å². The minimum Gasteiger partial charge on any atom is -0.359 e. The predicted molar refractivity (Wildman–Crippen MR) is 71.2 cm³/mol. The van der Waals surface area contributed by atoms with Crippen molar-refractivity contribution in [1.29, 1.82) is 0 Å². The van der Waals surface area contributed by atoms with E-state index in [1.54, 1.807) is 0 Å². The van der Waals surface area contributed by atoms with Crippen molar-refractivity contribution in [3.63, 3.8) is 0 Å². The summed E-state index contributed by atoms with van der Waals surface area (Å²) in [4.78, 5) is 4.29. The number of ether oxygens (including phenoxy) is 1. The molecule has 1 spiro atoms. The summed E-state index contributed by atoms with van der Waals surface area (Å²) in [5.41, 5.74) is 3.55. The molecular formula is C14H13BrN2O. The Morgan fingerprint density at radius 3 is 3.28 bits per heavy atom. The largest absolute Gasteiger partial charge is 0.359 e. The normalized spacial score (nSPS) is 25.2. The molecule has 2 aliphatic rings. The molecule has 0 aliphatic carbocycles. The number of nitrogens with zero attached hydrogens (tertiary/aromatic N) is 2. The highest BCUT2D eigenvalue weighted by molar-refractivity contribution is 9.10. The SMILES string of the molecule is Brc1ccc2c(c1)COC21CCCn2cncc21. The Balaban J connectivity index is 1.95. The third-order valence-electron chi connectivity index (χ3n) is 4.03. The van der Waals surface area contributed by atoms with E-state index in [4.69, 9.17) is 4.74 Å². The van der Waals surface area contributed by atoms with Gasteiger partial charge in [0.05, 0.1) is 24.8 Å². The Kier molecular flexibility index (Phi) is 2.20. The minimum absolute atomic E-state index is 0.259. The molecule has 0 saturated carbocycles. The number of fused-ring (bicyclic) bond motifs is 4. The van der Waals surface area contributed by atoms with Crippen molar-refractivity contribution in [1.82, 2.24) is 9.55 Å². The fourth-order valence-electron chi connectivity index (χ4n) is 3.23. The zero-order chi connectivity index (χ0) is 12.2. The van der Waals surface area contributed by atoms with Crippen molar-refractivity contribution in [3.8, 4) is 0 Å². The molecule has 0 N–H and O–H groups in total. The number of aryl methyl sites for hydroxylation is 1. The maximum atomic E-state index is 6.21. The molecule has 0 amide bonds. The molecule has 1 aromatic heterocycles. The standard InChI is InChI=1S/C14H13BrN2O/c15-11-2-3-12-10(6-11)8-18-14(12)4-1-5-17-9-16-7-13(14)17/h2-3,6-7,9H,1,4-5,8H2. The average molecular weight is 305 g/mol. The van der Waals surface area contributed by atoms with Crippen LogP contribution in [0.3, 0.4) is 0 Å². The van der Waals surface area contributed by atoms with Crippen molar-refractivity contribution in [2.75, 3.05) is 0 Å². The van der Waals surface area contributed by atoms with Gasteiger partial charge in [0.15, 0.2) is 0 Å². The number of benzene rings is 1. The van der Waals surface area contributed by atoms with Crippen molar-refractivity contribution >= 4 is 15.9 Å². The smallest absolute Gasteiger partial charge is 0.135 e. The highest BCUT2D eigenvalue weighted by atomic mass is 79.9. The van der Waals surface area contributed by atoms with E-state index >= 15 is 0 Å². The van der Waals surface area contributed by atoms with Gasteiger partial charge in [0.2, 0.25) is 0 Å². The minimum atomic E-state index is -0.259. The van der Waals surface area contributed by atoms with E-state index in [1.165, 1.54) is 16.8 Å². The summed E-state index contributed by atoms with van der Waals surface area (Å²) in [6, 6.07) is 6.46. The van der Waals surface area contributed by atoms with Crippen LogP contribution in [-0.2, 0) is 23.5 Å². The third kappa shape index (κ3) is 1.30. The zero-order valence-electron chi connectivity index (χ0n) is 9.90. The molecule has 0 fully saturated rings. The second kappa shape index (κ2) is 3.68. The topological polar surface area (TPSA) is 27.1 Å². The van der Waals surface area contributed by atoms with Gasteiger partial charge in [-0.05, 0) is 36.1 Å². The molecule has 4 rings (SSSR count). The maximum Gasteiger partial charge on any atom is 0.135 e. The van der Waals surface area contributed by atoms with Gasteiger partial charge < -0.3 is 9.30 Å². The first-order valence-corrected chi connectivity index (χ1v) is 7.02. The van der Waals surface area contributed by atoms with Crippen LogP contribution in [0.1, 0.15) is 29.7 Å². The van der Waals surface area contributed by atoms with Gasteiger partial charge in [-0.3, -0.25) is 0 Å². The van der Waals surface area contributed by atoms with Gasteiger partial charge in [-0.2, -0.15) is 0 Å². The van der Waals surface area contributed by atoms with Crippen LogP contribution in [0.25, 0.3) is 0 Å². The first kappa shape index (κ1) is 10.8. The number of hydrogen-bond donors (Lipinski definition) is 0. The fraction of sp³-hybridized carbons (Fsp3) is 0.357. The Morgan fingerprint density at radius 1 is 1.39 bits per heavy atom. The van der Waals surface area contributed by atoms with Crippen LogP contribution >= 0.6 is 15.9 Å². The fourth-order valence-corrected chi connectivity index (χ4v) is 3.64. The summed E-state index contributed by atoms with van der Waals surface area (Å²) in [5.74, 6) is 0. The molecule has 0 bridgehead atoms. The Labute approximate surface area is 114 Å². The number of hydrogen-bond acceptors (Lipinski definition) is 2. The van der Waals surface area contributed by atoms with Gasteiger partial charge in [-0.1, -0.05) is 22.0 Å². The Morgan fingerprint density at radius 2 is 2.33 bits per heavy atom. The van der Waals surface area contributed by atoms with Crippen molar-refractivity contribution in [2.45, 2.75) is 31.6 Å². The van der Waals surface area contributed by atoms with Crippen LogP contribution in [0.5, 0.6) is 0 Å². The molecule has 3 heterocycles. The first-order valence-electron chi connectivity index (χ1n) is 6.23. The number of imidazole rings is 1. The highest BCUT2D eigenvalue weighted by Crippen LogP contribution is 2.47. The van der Waals surface area contributed by atoms with Gasteiger partial charge in [-0.15, -0.1) is 0 Å². The number of aromatic nitrogens is 2. The van der Waals surface area contributed by atoms with Crippen molar-refractivity contribution in [3.05, 3.63) is 52.0 Å². The van der Waals surface area contributed by atoms with Crippen LogP contribution in [0, 0.1) is 0 Å². The van der Waals surface area contributed by atoms with E-state index in [0.29, 0.717) is 6.61 Å². The van der Waals surface area contributed by atoms with Gasteiger partial charge in [-0.25, -0.2) is 4.98 Å². The lowest BCUT2D eigenvalue weighted by molar-refractivity contribution is -0.0271. The Hall–Kier alpha value is -1.13. The van der Waals surface area contributed by atoms with E-state index < -0.39 is 0 Å². The molecule has 3 nitrogen and oxygen atoms in total. The second-order valence-electron chi connectivity index (χ2n) is 4.99. The van der Waals surface area contributed by atoms with Crippen LogP contribution in [-0.4, -0.2) is 9.55 Å². The lowest BCUT2D eigenvalue weighted by Crippen LogP contribution is -2.33. The van der Waals surface area contributed by atoms with E-state index in [0.717, 1.165) is 23.9 Å². The van der Waals surface area contributed by atoms with Crippen LogP contribution < -0.4 is 0 Å². The number of rotatable bonds is 0. The zero-order valence-corrected chi connectivity index (χ0v) is 11.5. The predicted octanol–water partition coefficient (Wildman–Crippen LogP) is 3.21. The summed E-state index contributed by atoms with van der Waals surface area (Å²) >= 11 is 3.53. The van der Waals surface area contributed by atoms with Gasteiger partial charge in [0, 0.05) is 11.0 Å². The average Bonchev–Trinajstić information content (AvgIpc) is 2.96. The molecule has 2 aromatic rings. The molecule has 0 radical (unpaired) electrons. The van der Waals surface area contributed by atoms with Crippen LogP contribution in [0.2, 0.25) is 0 Å².